The Kier molecular flexibility index (Phi) is 9.65. The minimum atomic E-state index is -1.55. The lowest BCUT2D eigenvalue weighted by molar-refractivity contribution is -0.174. The second kappa shape index (κ2) is 12.3. The Morgan fingerprint density at radius 3 is 2.24 bits per heavy atom. The third-order valence-corrected chi connectivity index (χ3v) is 12.8. The lowest BCUT2D eigenvalue weighted by Gasteiger charge is -2.62. The average molecular weight is 629 g/mol. The van der Waals surface area contributed by atoms with Crippen molar-refractivity contribution < 1.29 is 38.9 Å². The third kappa shape index (κ3) is 6.17. The first-order valence-corrected chi connectivity index (χ1v) is 16.8. The largest absolute Gasteiger partial charge is 0.481 e. The van der Waals surface area contributed by atoms with Crippen LogP contribution in [0.5, 0.6) is 0 Å². The number of ether oxygens (including phenoxy) is 2. The van der Waals surface area contributed by atoms with Gasteiger partial charge in [-0.05, 0) is 88.9 Å². The number of Topliss-reactive ketones (excluding diaryl/α,β-unsaturated/α-hetero) is 1. The first-order valence-electron chi connectivity index (χ1n) is 16.8. The zero-order chi connectivity index (χ0) is 33.8. The monoisotopic (exact) mass is 628 g/mol. The van der Waals surface area contributed by atoms with Crippen molar-refractivity contribution in [2.24, 2.45) is 39.4 Å². The normalized spacial score (nSPS) is 35.7. The van der Waals surface area contributed by atoms with Gasteiger partial charge in [0.15, 0.2) is 0 Å². The van der Waals surface area contributed by atoms with Crippen molar-refractivity contribution >= 4 is 23.7 Å². The van der Waals surface area contributed by atoms with E-state index in [1.54, 1.807) is 0 Å². The summed E-state index contributed by atoms with van der Waals surface area (Å²) in [5.74, 6) is -2.79. The highest BCUT2D eigenvalue weighted by atomic mass is 16.5. The van der Waals surface area contributed by atoms with E-state index in [2.05, 4.69) is 45.4 Å². The molecule has 0 aromatic rings. The van der Waals surface area contributed by atoms with E-state index < -0.39 is 40.8 Å². The highest BCUT2D eigenvalue weighted by Crippen LogP contribution is 2.72. The zero-order valence-electron chi connectivity index (χ0n) is 29.0. The van der Waals surface area contributed by atoms with Crippen molar-refractivity contribution in [2.45, 2.75) is 138 Å². The van der Waals surface area contributed by atoms with Crippen LogP contribution in [-0.2, 0) is 28.7 Å². The van der Waals surface area contributed by atoms with Crippen LogP contribution in [0.1, 0.15) is 126 Å². The SMILES string of the molecule is COC(=O)C[C@@](C)(O)CC(=O)O[C@@H]1CC[C@]2(C)C3=C(CC[C@H]2C1(C)C)[C@]1(C)CC(=O)[C@H]([C@@H](CCC=C(C)C)C(=O)O)[C@@]1(C)CC3. The summed E-state index contributed by atoms with van der Waals surface area (Å²) in [6, 6.07) is 0. The van der Waals surface area contributed by atoms with Gasteiger partial charge in [0, 0.05) is 23.2 Å². The Bertz CT molecular complexity index is 1280. The fourth-order valence-electron chi connectivity index (χ4n) is 10.4. The summed E-state index contributed by atoms with van der Waals surface area (Å²) in [5, 5.41) is 21.0. The molecule has 0 unspecified atom stereocenters. The van der Waals surface area contributed by atoms with Gasteiger partial charge in [-0.1, -0.05) is 57.4 Å². The Morgan fingerprint density at radius 2 is 1.64 bits per heavy atom. The van der Waals surface area contributed by atoms with E-state index in [1.807, 2.05) is 13.8 Å². The predicted molar refractivity (Wildman–Crippen MR) is 171 cm³/mol. The van der Waals surface area contributed by atoms with Crippen LogP contribution in [0.3, 0.4) is 0 Å². The molecule has 0 aromatic carbocycles. The molecule has 4 aliphatic rings. The number of carboxylic acid groups (broad SMARTS) is 1. The van der Waals surface area contributed by atoms with Crippen LogP contribution in [0, 0.1) is 39.4 Å². The number of fused-ring (bicyclic) bond motifs is 4. The van der Waals surface area contributed by atoms with Crippen LogP contribution in [-0.4, -0.2) is 52.7 Å². The van der Waals surface area contributed by atoms with E-state index >= 15 is 0 Å². The van der Waals surface area contributed by atoms with Crippen molar-refractivity contribution in [1.29, 1.82) is 0 Å². The molecular weight excluding hydrogens is 572 g/mol. The number of aliphatic hydroxyl groups is 1. The molecule has 0 heterocycles. The second-order valence-electron chi connectivity index (χ2n) is 16.4. The van der Waals surface area contributed by atoms with Crippen molar-refractivity contribution in [2.75, 3.05) is 7.11 Å². The molecule has 2 N–H and O–H groups in total. The summed E-state index contributed by atoms with van der Waals surface area (Å²) in [5.41, 5.74) is 1.20. The summed E-state index contributed by atoms with van der Waals surface area (Å²) in [6.45, 7) is 16.6. The summed E-state index contributed by atoms with van der Waals surface area (Å²) in [6.07, 6.45) is 7.65. The van der Waals surface area contributed by atoms with Crippen LogP contribution in [0.2, 0.25) is 0 Å². The molecule has 0 spiro atoms. The number of hydrogen-bond donors (Lipinski definition) is 2. The molecule has 0 aliphatic heterocycles. The fourth-order valence-corrected chi connectivity index (χ4v) is 10.4. The molecule has 252 valence electrons. The molecule has 8 heteroatoms. The number of aliphatic carboxylic acids is 1. The summed E-state index contributed by atoms with van der Waals surface area (Å²) in [7, 11) is 1.25. The smallest absolute Gasteiger partial charge is 0.309 e. The summed E-state index contributed by atoms with van der Waals surface area (Å²) < 4.78 is 10.7. The van der Waals surface area contributed by atoms with Gasteiger partial charge in [-0.2, -0.15) is 0 Å². The van der Waals surface area contributed by atoms with Crippen molar-refractivity contribution in [3.63, 3.8) is 0 Å². The maximum Gasteiger partial charge on any atom is 0.309 e. The molecule has 4 rings (SSSR count). The van der Waals surface area contributed by atoms with Gasteiger partial charge in [-0.3, -0.25) is 19.2 Å². The van der Waals surface area contributed by atoms with Crippen LogP contribution in [0.15, 0.2) is 22.8 Å². The van der Waals surface area contributed by atoms with Crippen LogP contribution in [0.25, 0.3) is 0 Å². The minimum Gasteiger partial charge on any atom is -0.481 e. The standard InChI is InChI=1S/C37H56O8/c1-22(2)11-10-12-23(32(41)42)31-26(38)19-37(8)25-13-14-27-33(3,4)28(45-30(40)21-34(5,43)20-29(39)44-9)16-17-35(27,6)24(25)15-18-36(31,37)7/h11,23,27-28,31,43H,10,12-21H2,1-9H3,(H,41,42)/t23-,27+,28-,31+,34-,35-,36-,37+/m1/s1. The number of hydrogen-bond acceptors (Lipinski definition) is 7. The highest BCUT2D eigenvalue weighted by molar-refractivity contribution is 5.91. The number of rotatable bonds is 10. The summed E-state index contributed by atoms with van der Waals surface area (Å²) in [4.78, 5) is 51.2. The zero-order valence-corrected chi connectivity index (χ0v) is 29.0. The molecule has 0 radical (unpaired) electrons. The fraction of sp³-hybridized carbons (Fsp3) is 0.784. The Morgan fingerprint density at radius 1 is 1.00 bits per heavy atom. The maximum atomic E-state index is 13.9. The summed E-state index contributed by atoms with van der Waals surface area (Å²) >= 11 is 0. The lowest BCUT2D eigenvalue weighted by atomic mass is 9.43. The second-order valence-corrected chi connectivity index (χ2v) is 16.4. The quantitative estimate of drug-likeness (QED) is 0.196. The van der Waals surface area contributed by atoms with E-state index in [-0.39, 0.29) is 46.9 Å². The number of allylic oxidation sites excluding steroid dienone is 4. The average Bonchev–Trinajstić information content (AvgIpc) is 3.12. The van der Waals surface area contributed by atoms with Gasteiger partial charge in [0.25, 0.3) is 0 Å². The molecule has 0 bridgehead atoms. The number of carboxylic acids is 1. The van der Waals surface area contributed by atoms with Crippen LogP contribution < -0.4 is 0 Å². The first-order chi connectivity index (χ1) is 20.7. The Balaban J connectivity index is 1.59. The Labute approximate surface area is 269 Å². The van der Waals surface area contributed by atoms with Gasteiger partial charge < -0.3 is 19.7 Å². The molecule has 2 fully saturated rings. The molecule has 0 amide bonds. The predicted octanol–water partition coefficient (Wildman–Crippen LogP) is 6.98. The highest BCUT2D eigenvalue weighted by Gasteiger charge is 2.67. The van der Waals surface area contributed by atoms with Crippen molar-refractivity contribution in [3.8, 4) is 0 Å². The first kappa shape index (κ1) is 35.4. The van der Waals surface area contributed by atoms with Gasteiger partial charge >= 0.3 is 17.9 Å². The molecular formula is C37H56O8. The van der Waals surface area contributed by atoms with E-state index in [1.165, 1.54) is 25.2 Å². The molecule has 8 nitrogen and oxygen atoms in total. The molecule has 4 aliphatic carbocycles. The number of methoxy groups -OCH3 is 1. The van der Waals surface area contributed by atoms with Crippen LogP contribution in [0.4, 0.5) is 0 Å². The number of ketones is 1. The third-order valence-electron chi connectivity index (χ3n) is 12.8. The number of esters is 2. The Hall–Kier alpha value is -2.48. The van der Waals surface area contributed by atoms with Gasteiger partial charge in [0.2, 0.25) is 0 Å². The molecule has 2 saturated carbocycles. The van der Waals surface area contributed by atoms with Crippen molar-refractivity contribution in [3.05, 3.63) is 22.8 Å². The molecule has 45 heavy (non-hydrogen) atoms. The molecule has 8 atom stereocenters. The topological polar surface area (TPSA) is 127 Å². The van der Waals surface area contributed by atoms with E-state index in [0.717, 1.165) is 37.7 Å². The van der Waals surface area contributed by atoms with Crippen molar-refractivity contribution in [1.82, 2.24) is 0 Å². The van der Waals surface area contributed by atoms with Gasteiger partial charge in [0.05, 0.1) is 31.5 Å². The van der Waals surface area contributed by atoms with Gasteiger partial charge in [0.1, 0.15) is 11.9 Å². The maximum absolute atomic E-state index is 13.9. The van der Waals surface area contributed by atoms with Gasteiger partial charge in [-0.15, -0.1) is 0 Å². The lowest BCUT2D eigenvalue weighted by Crippen LogP contribution is -2.56. The number of carbonyl (C=O) groups is 4. The minimum absolute atomic E-state index is 0.102. The van der Waals surface area contributed by atoms with Gasteiger partial charge in [-0.25, -0.2) is 0 Å². The molecule has 0 saturated heterocycles. The van der Waals surface area contributed by atoms with E-state index in [9.17, 15) is 29.4 Å². The van der Waals surface area contributed by atoms with E-state index in [4.69, 9.17) is 4.74 Å². The molecule has 0 aromatic heterocycles. The van der Waals surface area contributed by atoms with E-state index in [0.29, 0.717) is 25.7 Å². The number of carbonyl (C=O) groups excluding carboxylic acids is 3. The van der Waals surface area contributed by atoms with Crippen LogP contribution >= 0.6 is 0 Å².